The van der Waals surface area contributed by atoms with Gasteiger partial charge >= 0.3 is 11.8 Å². The van der Waals surface area contributed by atoms with Crippen molar-refractivity contribution >= 4 is 6.09 Å². The SMILES string of the molecule is Cc1c(-c2ccccc2F)c(=O)n(C[C@H](NC(=O)OC(C)(C)C)c2ccccc2)c(=O)n1CC1CCCCC1. The molecule has 3 aromatic rings. The molecule has 1 amide bonds. The highest BCUT2D eigenvalue weighted by Gasteiger charge is 2.26. The lowest BCUT2D eigenvalue weighted by molar-refractivity contribution is 0.0497. The van der Waals surface area contributed by atoms with E-state index in [0.717, 1.165) is 30.3 Å². The van der Waals surface area contributed by atoms with Gasteiger partial charge in [0.25, 0.3) is 5.56 Å². The number of amides is 1. The van der Waals surface area contributed by atoms with Crippen molar-refractivity contribution in [2.45, 2.75) is 84.5 Å². The van der Waals surface area contributed by atoms with E-state index >= 15 is 4.39 Å². The molecule has 1 fully saturated rings. The highest BCUT2D eigenvalue weighted by atomic mass is 19.1. The number of hydrogen-bond acceptors (Lipinski definition) is 4. The Morgan fingerprint density at radius 1 is 1.00 bits per heavy atom. The lowest BCUT2D eigenvalue weighted by Gasteiger charge is -2.27. The van der Waals surface area contributed by atoms with Gasteiger partial charge in [0, 0.05) is 17.8 Å². The van der Waals surface area contributed by atoms with Crippen LogP contribution in [-0.2, 0) is 17.8 Å². The first-order valence-corrected chi connectivity index (χ1v) is 13.7. The minimum Gasteiger partial charge on any atom is -0.444 e. The Bertz CT molecular complexity index is 1420. The van der Waals surface area contributed by atoms with Crippen molar-refractivity contribution in [3.05, 3.63) is 92.5 Å². The molecule has 1 saturated carbocycles. The molecule has 0 unspecified atom stereocenters. The van der Waals surface area contributed by atoms with E-state index in [1.54, 1.807) is 50.5 Å². The molecule has 1 atom stereocenters. The van der Waals surface area contributed by atoms with E-state index in [9.17, 15) is 14.4 Å². The van der Waals surface area contributed by atoms with Crippen molar-refractivity contribution in [2.75, 3.05) is 0 Å². The summed E-state index contributed by atoms with van der Waals surface area (Å²) in [7, 11) is 0. The number of rotatable bonds is 7. The number of carbonyl (C=O) groups is 1. The van der Waals surface area contributed by atoms with Crippen LogP contribution in [0.15, 0.2) is 64.2 Å². The van der Waals surface area contributed by atoms with Crippen LogP contribution >= 0.6 is 0 Å². The topological polar surface area (TPSA) is 82.3 Å². The molecule has 1 N–H and O–H groups in total. The van der Waals surface area contributed by atoms with Crippen molar-refractivity contribution in [3.8, 4) is 11.1 Å². The van der Waals surface area contributed by atoms with Crippen LogP contribution in [0.2, 0.25) is 0 Å². The maximum absolute atomic E-state index is 15.0. The Morgan fingerprint density at radius 3 is 2.28 bits per heavy atom. The first kappa shape index (κ1) is 28.3. The second-order valence-electron chi connectivity index (χ2n) is 11.4. The molecule has 7 nitrogen and oxygen atoms in total. The van der Waals surface area contributed by atoms with Gasteiger partial charge in [-0.05, 0) is 58.1 Å². The summed E-state index contributed by atoms with van der Waals surface area (Å²) in [5, 5.41) is 2.84. The molecule has 39 heavy (non-hydrogen) atoms. The number of carbonyl (C=O) groups excluding carboxylic acids is 1. The molecule has 0 saturated heterocycles. The Balaban J connectivity index is 1.84. The molecule has 1 aliphatic carbocycles. The van der Waals surface area contributed by atoms with Crippen molar-refractivity contribution in [1.82, 2.24) is 14.5 Å². The summed E-state index contributed by atoms with van der Waals surface area (Å²) >= 11 is 0. The van der Waals surface area contributed by atoms with Crippen molar-refractivity contribution in [3.63, 3.8) is 0 Å². The third-order valence-corrected chi connectivity index (χ3v) is 7.25. The fraction of sp³-hybridized carbons (Fsp3) is 0.452. The van der Waals surface area contributed by atoms with E-state index in [1.807, 2.05) is 30.3 Å². The Hall–Kier alpha value is -3.68. The molecule has 0 aliphatic heterocycles. The minimum atomic E-state index is -0.731. The van der Waals surface area contributed by atoms with Gasteiger partial charge < -0.3 is 10.1 Å². The lowest BCUT2D eigenvalue weighted by atomic mass is 9.89. The maximum atomic E-state index is 15.0. The second kappa shape index (κ2) is 12.0. The summed E-state index contributed by atoms with van der Waals surface area (Å²) in [4.78, 5) is 40.6. The van der Waals surface area contributed by atoms with Gasteiger partial charge in [-0.15, -0.1) is 0 Å². The Kier molecular flexibility index (Phi) is 8.73. The van der Waals surface area contributed by atoms with Crippen LogP contribution < -0.4 is 16.6 Å². The van der Waals surface area contributed by atoms with Gasteiger partial charge in [0.05, 0.1) is 18.2 Å². The summed E-state index contributed by atoms with van der Waals surface area (Å²) in [5.41, 5.74) is -0.300. The van der Waals surface area contributed by atoms with Gasteiger partial charge in [-0.25, -0.2) is 14.0 Å². The van der Waals surface area contributed by atoms with Crippen LogP contribution in [0, 0.1) is 18.7 Å². The number of alkyl carbamates (subject to hydrolysis) is 1. The zero-order valence-electron chi connectivity index (χ0n) is 23.2. The summed E-state index contributed by atoms with van der Waals surface area (Å²) in [6.07, 6.45) is 4.75. The molecule has 1 aliphatic rings. The molecule has 0 radical (unpaired) electrons. The fourth-order valence-electron chi connectivity index (χ4n) is 5.33. The number of hydrogen-bond donors (Lipinski definition) is 1. The molecular formula is C31H38FN3O4. The molecule has 0 bridgehead atoms. The molecule has 1 heterocycles. The van der Waals surface area contributed by atoms with Crippen LogP contribution in [0.1, 0.15) is 70.2 Å². The summed E-state index contributed by atoms with van der Waals surface area (Å²) < 4.78 is 23.2. The van der Waals surface area contributed by atoms with Crippen molar-refractivity contribution < 1.29 is 13.9 Å². The molecule has 2 aromatic carbocycles. The van der Waals surface area contributed by atoms with E-state index in [-0.39, 0.29) is 17.7 Å². The fourth-order valence-corrected chi connectivity index (χ4v) is 5.33. The van der Waals surface area contributed by atoms with Crippen LogP contribution in [-0.4, -0.2) is 20.8 Å². The monoisotopic (exact) mass is 535 g/mol. The van der Waals surface area contributed by atoms with E-state index in [1.165, 1.54) is 12.5 Å². The van der Waals surface area contributed by atoms with E-state index in [0.29, 0.717) is 23.7 Å². The smallest absolute Gasteiger partial charge is 0.408 e. The summed E-state index contributed by atoms with van der Waals surface area (Å²) in [6, 6.07) is 14.5. The number of nitrogens with zero attached hydrogens (tertiary/aromatic N) is 2. The van der Waals surface area contributed by atoms with Gasteiger partial charge in [0.15, 0.2) is 0 Å². The molecule has 208 valence electrons. The number of halogens is 1. The maximum Gasteiger partial charge on any atom is 0.408 e. The number of aromatic nitrogens is 2. The largest absolute Gasteiger partial charge is 0.444 e. The second-order valence-corrected chi connectivity index (χ2v) is 11.4. The predicted octanol–water partition coefficient (Wildman–Crippen LogP) is 5.97. The van der Waals surface area contributed by atoms with Gasteiger partial charge in [0.2, 0.25) is 0 Å². The highest BCUT2D eigenvalue weighted by molar-refractivity contribution is 5.68. The van der Waals surface area contributed by atoms with E-state index in [4.69, 9.17) is 4.74 Å². The third kappa shape index (κ3) is 6.85. The zero-order chi connectivity index (χ0) is 28.2. The normalized spacial score (nSPS) is 15.1. The first-order valence-electron chi connectivity index (χ1n) is 13.7. The quantitative estimate of drug-likeness (QED) is 0.404. The van der Waals surface area contributed by atoms with E-state index < -0.39 is 34.8 Å². The Labute approximate surface area is 228 Å². The lowest BCUT2D eigenvalue weighted by Crippen LogP contribution is -2.46. The first-order chi connectivity index (χ1) is 18.5. The van der Waals surface area contributed by atoms with Gasteiger partial charge in [-0.3, -0.25) is 13.9 Å². The number of benzene rings is 2. The summed E-state index contributed by atoms with van der Waals surface area (Å²) in [6.45, 7) is 7.33. The average molecular weight is 536 g/mol. The standard InChI is InChI=1S/C31H38FN3O4/c1-21-27(24-17-11-12-18-25(24)32)28(36)35(30(38)34(21)19-22-13-7-5-8-14-22)20-26(23-15-9-6-10-16-23)33-29(37)39-31(2,3)4/h6,9-12,15-18,22,26H,5,7-8,13-14,19-20H2,1-4H3,(H,33,37)/t26-/m0/s1. The van der Waals surface area contributed by atoms with Gasteiger partial charge in [-0.1, -0.05) is 67.8 Å². The van der Waals surface area contributed by atoms with Gasteiger partial charge in [0.1, 0.15) is 11.4 Å². The van der Waals surface area contributed by atoms with Crippen LogP contribution in [0.25, 0.3) is 11.1 Å². The van der Waals surface area contributed by atoms with E-state index in [2.05, 4.69) is 5.32 Å². The van der Waals surface area contributed by atoms with Crippen molar-refractivity contribution in [2.24, 2.45) is 5.92 Å². The molecule has 8 heteroatoms. The minimum absolute atomic E-state index is 0.132. The van der Waals surface area contributed by atoms with Crippen LogP contribution in [0.4, 0.5) is 9.18 Å². The summed E-state index contributed by atoms with van der Waals surface area (Å²) in [5.74, 6) is -0.224. The third-order valence-electron chi connectivity index (χ3n) is 7.25. The molecule has 0 spiro atoms. The molecule has 1 aromatic heterocycles. The predicted molar refractivity (Wildman–Crippen MR) is 150 cm³/mol. The number of ether oxygens (including phenoxy) is 1. The van der Waals surface area contributed by atoms with Crippen LogP contribution in [0.3, 0.4) is 0 Å². The Morgan fingerprint density at radius 2 is 1.64 bits per heavy atom. The van der Waals surface area contributed by atoms with Crippen molar-refractivity contribution in [1.29, 1.82) is 0 Å². The van der Waals surface area contributed by atoms with Crippen LogP contribution in [0.5, 0.6) is 0 Å². The van der Waals surface area contributed by atoms with Gasteiger partial charge in [-0.2, -0.15) is 0 Å². The molecule has 4 rings (SSSR count). The zero-order valence-corrected chi connectivity index (χ0v) is 23.2. The number of nitrogens with one attached hydrogen (secondary N) is 1. The molecular weight excluding hydrogens is 497 g/mol. The highest BCUT2D eigenvalue weighted by Crippen LogP contribution is 2.27. The average Bonchev–Trinajstić information content (AvgIpc) is 2.89.